The maximum absolute atomic E-state index is 13.3. The van der Waals surface area contributed by atoms with E-state index >= 15 is 0 Å². The minimum absolute atomic E-state index is 0.281. The van der Waals surface area contributed by atoms with Crippen LogP contribution in [-0.2, 0) is 0 Å². The van der Waals surface area contributed by atoms with Crippen molar-refractivity contribution in [1.82, 2.24) is 9.55 Å². The molecule has 0 fully saturated rings. The summed E-state index contributed by atoms with van der Waals surface area (Å²) in [5.74, 6) is -0.0421. The van der Waals surface area contributed by atoms with Gasteiger partial charge in [0.2, 0.25) is 5.95 Å². The molecule has 3 nitrogen and oxygen atoms in total. The van der Waals surface area contributed by atoms with E-state index in [2.05, 4.69) is 4.98 Å². The molecule has 3 rings (SSSR count). The Morgan fingerprint density at radius 2 is 1.94 bits per heavy atom. The Kier molecular flexibility index (Phi) is 2.45. The fraction of sp³-hybridized carbons (Fsp3) is 0. The van der Waals surface area contributed by atoms with Gasteiger partial charge in [0.1, 0.15) is 11.3 Å². The van der Waals surface area contributed by atoms with Crippen molar-refractivity contribution in [2.24, 2.45) is 0 Å². The number of aromatic nitrogens is 2. The van der Waals surface area contributed by atoms with Crippen LogP contribution in [0.5, 0.6) is 0 Å². The maximum Gasteiger partial charge on any atom is 0.205 e. The molecule has 2 aromatic carbocycles. The van der Waals surface area contributed by atoms with E-state index in [0.29, 0.717) is 16.2 Å². The Morgan fingerprint density at radius 1 is 1.17 bits per heavy atom. The van der Waals surface area contributed by atoms with E-state index in [1.54, 1.807) is 22.8 Å². The summed E-state index contributed by atoms with van der Waals surface area (Å²) in [4.78, 5) is 4.21. The van der Waals surface area contributed by atoms with Crippen molar-refractivity contribution in [2.75, 3.05) is 5.73 Å². The minimum atomic E-state index is -0.323. The van der Waals surface area contributed by atoms with Crippen LogP contribution in [0, 0.1) is 5.82 Å². The molecule has 0 bridgehead atoms. The van der Waals surface area contributed by atoms with Gasteiger partial charge < -0.3 is 5.73 Å². The predicted octanol–water partition coefficient (Wildman–Crippen LogP) is 3.40. The summed E-state index contributed by atoms with van der Waals surface area (Å²) in [6.45, 7) is 0. The monoisotopic (exact) mass is 261 g/mol. The van der Waals surface area contributed by atoms with Crippen LogP contribution < -0.4 is 5.73 Å². The number of para-hydroxylation sites is 1. The van der Waals surface area contributed by atoms with Crippen molar-refractivity contribution in [2.45, 2.75) is 0 Å². The molecule has 0 aliphatic rings. The van der Waals surface area contributed by atoms with Crippen molar-refractivity contribution in [1.29, 1.82) is 0 Å². The third-order valence-electron chi connectivity index (χ3n) is 2.73. The van der Waals surface area contributed by atoms with Crippen molar-refractivity contribution in [3.05, 3.63) is 53.3 Å². The first-order valence-corrected chi connectivity index (χ1v) is 5.73. The first-order valence-electron chi connectivity index (χ1n) is 5.35. The quantitative estimate of drug-likeness (QED) is 0.730. The average molecular weight is 262 g/mol. The molecular weight excluding hydrogens is 253 g/mol. The van der Waals surface area contributed by atoms with E-state index in [0.717, 1.165) is 5.52 Å². The molecule has 18 heavy (non-hydrogen) atoms. The van der Waals surface area contributed by atoms with Crippen LogP contribution in [0.4, 0.5) is 10.3 Å². The molecular formula is C13H9ClFN3. The lowest BCUT2D eigenvalue weighted by molar-refractivity contribution is 0.627. The van der Waals surface area contributed by atoms with E-state index in [4.69, 9.17) is 17.3 Å². The molecule has 0 aliphatic heterocycles. The van der Waals surface area contributed by atoms with E-state index in [1.807, 2.05) is 12.1 Å². The van der Waals surface area contributed by atoms with Gasteiger partial charge in [-0.05, 0) is 30.3 Å². The molecule has 1 aromatic heterocycles. The lowest BCUT2D eigenvalue weighted by Gasteiger charge is -2.06. The molecule has 0 saturated carbocycles. The Hall–Kier alpha value is -2.07. The fourth-order valence-electron chi connectivity index (χ4n) is 1.97. The summed E-state index contributed by atoms with van der Waals surface area (Å²) in [5.41, 5.74) is 7.86. The molecule has 0 unspecified atom stereocenters. The summed E-state index contributed by atoms with van der Waals surface area (Å²) in [5, 5.41) is 0.523. The molecule has 0 amide bonds. The summed E-state index contributed by atoms with van der Waals surface area (Å²) >= 11 is 6.06. The van der Waals surface area contributed by atoms with E-state index in [9.17, 15) is 4.39 Å². The van der Waals surface area contributed by atoms with Crippen LogP contribution in [0.15, 0.2) is 42.5 Å². The molecule has 0 radical (unpaired) electrons. The molecule has 0 atom stereocenters. The summed E-state index contributed by atoms with van der Waals surface area (Å²) in [6.07, 6.45) is 0. The standard InChI is InChI=1S/C13H9ClFN3/c14-10-5-2-6-11-12(10)17-13(16)18(11)9-4-1-3-8(15)7-9/h1-7H,(H2,16,17). The lowest BCUT2D eigenvalue weighted by atomic mass is 10.2. The normalized spacial score (nSPS) is 11.0. The van der Waals surface area contributed by atoms with Crippen LogP contribution in [0.25, 0.3) is 16.7 Å². The van der Waals surface area contributed by atoms with Crippen molar-refractivity contribution < 1.29 is 4.39 Å². The van der Waals surface area contributed by atoms with Gasteiger partial charge in [0.25, 0.3) is 0 Å². The smallest absolute Gasteiger partial charge is 0.205 e. The van der Waals surface area contributed by atoms with Gasteiger partial charge in [-0.25, -0.2) is 9.37 Å². The highest BCUT2D eigenvalue weighted by Crippen LogP contribution is 2.27. The van der Waals surface area contributed by atoms with Crippen LogP contribution in [0.1, 0.15) is 0 Å². The molecule has 0 spiro atoms. The highest BCUT2D eigenvalue weighted by molar-refractivity contribution is 6.35. The van der Waals surface area contributed by atoms with E-state index < -0.39 is 0 Å². The van der Waals surface area contributed by atoms with Crippen LogP contribution in [0.3, 0.4) is 0 Å². The van der Waals surface area contributed by atoms with E-state index in [-0.39, 0.29) is 11.8 Å². The number of nitrogens with zero attached hydrogens (tertiary/aromatic N) is 2. The van der Waals surface area contributed by atoms with Crippen LogP contribution in [0.2, 0.25) is 5.02 Å². The highest BCUT2D eigenvalue weighted by Gasteiger charge is 2.12. The second-order valence-electron chi connectivity index (χ2n) is 3.89. The average Bonchev–Trinajstić information content (AvgIpc) is 2.67. The first-order chi connectivity index (χ1) is 8.66. The topological polar surface area (TPSA) is 43.8 Å². The SMILES string of the molecule is Nc1nc2c(Cl)cccc2n1-c1cccc(F)c1. The molecule has 1 heterocycles. The number of benzene rings is 2. The maximum atomic E-state index is 13.3. The highest BCUT2D eigenvalue weighted by atomic mass is 35.5. The number of nitrogens with two attached hydrogens (primary N) is 1. The molecule has 0 aliphatic carbocycles. The summed E-state index contributed by atoms with van der Waals surface area (Å²) in [6, 6.07) is 11.6. The van der Waals surface area contributed by atoms with Gasteiger partial charge in [-0.3, -0.25) is 4.57 Å². The first kappa shape index (κ1) is 11.0. The number of rotatable bonds is 1. The number of hydrogen-bond donors (Lipinski definition) is 1. The molecule has 2 N–H and O–H groups in total. The molecule has 0 saturated heterocycles. The Bertz CT molecular complexity index is 736. The number of hydrogen-bond acceptors (Lipinski definition) is 2. The Morgan fingerprint density at radius 3 is 2.72 bits per heavy atom. The number of anilines is 1. The fourth-order valence-corrected chi connectivity index (χ4v) is 2.18. The number of imidazole rings is 1. The second-order valence-corrected chi connectivity index (χ2v) is 4.30. The van der Waals surface area contributed by atoms with Gasteiger partial charge in [-0.1, -0.05) is 23.7 Å². The van der Waals surface area contributed by atoms with Crippen molar-refractivity contribution >= 4 is 28.6 Å². The van der Waals surface area contributed by atoms with E-state index in [1.165, 1.54) is 12.1 Å². The zero-order valence-electron chi connectivity index (χ0n) is 9.27. The minimum Gasteiger partial charge on any atom is -0.369 e. The third kappa shape index (κ3) is 1.62. The zero-order chi connectivity index (χ0) is 12.7. The predicted molar refractivity (Wildman–Crippen MR) is 70.5 cm³/mol. The van der Waals surface area contributed by atoms with Gasteiger partial charge in [-0.15, -0.1) is 0 Å². The molecule has 90 valence electrons. The summed E-state index contributed by atoms with van der Waals surface area (Å²) < 4.78 is 14.9. The number of halogens is 2. The largest absolute Gasteiger partial charge is 0.369 e. The Labute approximate surface area is 108 Å². The number of fused-ring (bicyclic) bond motifs is 1. The van der Waals surface area contributed by atoms with Gasteiger partial charge in [0, 0.05) is 0 Å². The van der Waals surface area contributed by atoms with Crippen LogP contribution in [-0.4, -0.2) is 9.55 Å². The number of nitrogen functional groups attached to an aromatic ring is 1. The zero-order valence-corrected chi connectivity index (χ0v) is 10.0. The summed E-state index contributed by atoms with van der Waals surface area (Å²) in [7, 11) is 0. The van der Waals surface area contributed by atoms with Crippen molar-refractivity contribution in [3.63, 3.8) is 0 Å². The van der Waals surface area contributed by atoms with Gasteiger partial charge >= 0.3 is 0 Å². The van der Waals surface area contributed by atoms with Crippen LogP contribution >= 0.6 is 11.6 Å². The Balaban J connectivity index is 2.36. The molecule has 3 aromatic rings. The van der Waals surface area contributed by atoms with Gasteiger partial charge in [-0.2, -0.15) is 0 Å². The van der Waals surface area contributed by atoms with Crippen molar-refractivity contribution in [3.8, 4) is 5.69 Å². The van der Waals surface area contributed by atoms with Gasteiger partial charge in [0.15, 0.2) is 0 Å². The molecule has 5 heteroatoms. The lowest BCUT2D eigenvalue weighted by Crippen LogP contribution is -2.00. The third-order valence-corrected chi connectivity index (χ3v) is 3.03. The van der Waals surface area contributed by atoms with Gasteiger partial charge in [0.05, 0.1) is 16.2 Å². The second kappa shape index (κ2) is 3.99.